The van der Waals surface area contributed by atoms with Gasteiger partial charge >= 0.3 is 4.87 Å². The molecule has 0 unspecified atom stereocenters. The molecule has 0 amide bonds. The Kier molecular flexibility index (Phi) is 5.59. The Morgan fingerprint density at radius 3 is 2.57 bits per heavy atom. The van der Waals surface area contributed by atoms with Crippen LogP contribution in [0.15, 0.2) is 64.5 Å². The Bertz CT molecular complexity index is 1350. The molecule has 156 valence electrons. The second-order valence-electron chi connectivity index (χ2n) is 6.98. The SMILES string of the molecule is CCCn1c(=O)sc2cc(S(=O)(=O)NCc3ccc(-n4ccnc4C)cc3)ccc21. The maximum Gasteiger partial charge on any atom is 0.308 e. The van der Waals surface area contributed by atoms with E-state index in [2.05, 4.69) is 9.71 Å². The van der Waals surface area contributed by atoms with Crippen molar-refractivity contribution in [1.82, 2.24) is 18.8 Å². The van der Waals surface area contributed by atoms with Crippen molar-refractivity contribution in [3.63, 3.8) is 0 Å². The van der Waals surface area contributed by atoms with Crippen LogP contribution in [0.3, 0.4) is 0 Å². The van der Waals surface area contributed by atoms with Crippen molar-refractivity contribution < 1.29 is 8.42 Å². The normalized spacial score (nSPS) is 11.9. The van der Waals surface area contributed by atoms with Gasteiger partial charge < -0.3 is 4.57 Å². The second-order valence-corrected chi connectivity index (χ2v) is 9.74. The maximum atomic E-state index is 12.8. The molecule has 1 N–H and O–H groups in total. The van der Waals surface area contributed by atoms with E-state index in [0.717, 1.165) is 40.3 Å². The molecule has 0 atom stereocenters. The van der Waals surface area contributed by atoms with Crippen molar-refractivity contribution in [2.45, 2.75) is 38.3 Å². The number of fused-ring (bicyclic) bond motifs is 1. The van der Waals surface area contributed by atoms with Gasteiger partial charge in [0.05, 0.1) is 15.1 Å². The van der Waals surface area contributed by atoms with Gasteiger partial charge in [0.2, 0.25) is 10.0 Å². The number of aryl methyl sites for hydroxylation is 2. The Balaban J connectivity index is 1.52. The molecule has 30 heavy (non-hydrogen) atoms. The van der Waals surface area contributed by atoms with Gasteiger partial charge in [-0.05, 0) is 49.2 Å². The van der Waals surface area contributed by atoms with Gasteiger partial charge in [0.1, 0.15) is 5.82 Å². The van der Waals surface area contributed by atoms with E-state index in [1.807, 2.05) is 48.9 Å². The minimum absolute atomic E-state index is 0.0671. The third-order valence-corrected chi connectivity index (χ3v) is 7.24. The van der Waals surface area contributed by atoms with Crippen LogP contribution in [-0.2, 0) is 23.1 Å². The molecule has 2 heterocycles. The number of hydrogen-bond acceptors (Lipinski definition) is 5. The van der Waals surface area contributed by atoms with Crippen molar-refractivity contribution >= 4 is 31.6 Å². The van der Waals surface area contributed by atoms with E-state index < -0.39 is 10.0 Å². The molecule has 9 heteroatoms. The molecule has 0 aliphatic rings. The van der Waals surface area contributed by atoms with Gasteiger partial charge in [-0.2, -0.15) is 0 Å². The first-order valence-electron chi connectivity index (χ1n) is 9.61. The predicted molar refractivity (Wildman–Crippen MR) is 119 cm³/mol. The molecule has 0 aliphatic carbocycles. The smallest absolute Gasteiger partial charge is 0.304 e. The lowest BCUT2D eigenvalue weighted by atomic mass is 10.2. The highest BCUT2D eigenvalue weighted by molar-refractivity contribution is 7.89. The summed E-state index contributed by atoms with van der Waals surface area (Å²) >= 11 is 1.07. The Morgan fingerprint density at radius 2 is 1.90 bits per heavy atom. The van der Waals surface area contributed by atoms with E-state index in [1.165, 1.54) is 0 Å². The fourth-order valence-corrected chi connectivity index (χ4v) is 5.41. The standard InChI is InChI=1S/C21H22N4O3S2/c1-3-11-25-19-9-8-18(13-20(19)29-21(25)26)30(27,28)23-14-16-4-6-17(7-5-16)24-12-10-22-15(24)2/h4-10,12-13,23H,3,11,14H2,1-2H3. The van der Waals surface area contributed by atoms with Gasteiger partial charge in [0.25, 0.3) is 0 Å². The van der Waals surface area contributed by atoms with Crippen molar-refractivity contribution in [3.05, 3.63) is 75.9 Å². The number of thiazole rings is 1. The van der Waals surface area contributed by atoms with Crippen LogP contribution in [0.4, 0.5) is 0 Å². The van der Waals surface area contributed by atoms with E-state index in [0.29, 0.717) is 11.2 Å². The Labute approximate surface area is 178 Å². The largest absolute Gasteiger partial charge is 0.308 e. The summed E-state index contributed by atoms with van der Waals surface area (Å²) in [5, 5.41) is 0. The molecule has 0 spiro atoms. The van der Waals surface area contributed by atoms with E-state index >= 15 is 0 Å². The molecule has 4 aromatic rings. The summed E-state index contributed by atoms with van der Waals surface area (Å²) in [6, 6.07) is 12.5. The molecule has 0 saturated heterocycles. The van der Waals surface area contributed by atoms with Crippen molar-refractivity contribution in [3.8, 4) is 5.69 Å². The van der Waals surface area contributed by atoms with E-state index in [9.17, 15) is 13.2 Å². The third kappa shape index (κ3) is 3.96. The van der Waals surface area contributed by atoms with Crippen LogP contribution in [-0.4, -0.2) is 22.5 Å². The Morgan fingerprint density at radius 1 is 1.13 bits per heavy atom. The molecule has 0 fully saturated rings. The second kappa shape index (κ2) is 8.17. The molecule has 0 bridgehead atoms. The van der Waals surface area contributed by atoms with Crippen molar-refractivity contribution in [2.24, 2.45) is 0 Å². The summed E-state index contributed by atoms with van der Waals surface area (Å²) < 4.78 is 32.5. The van der Waals surface area contributed by atoms with Crippen LogP contribution in [0.2, 0.25) is 0 Å². The summed E-state index contributed by atoms with van der Waals surface area (Å²) in [7, 11) is -3.70. The number of nitrogens with one attached hydrogen (secondary N) is 1. The van der Waals surface area contributed by atoms with Crippen LogP contribution in [0.1, 0.15) is 24.7 Å². The van der Waals surface area contributed by atoms with Gasteiger partial charge in [-0.3, -0.25) is 9.36 Å². The van der Waals surface area contributed by atoms with Gasteiger partial charge in [-0.15, -0.1) is 0 Å². The lowest BCUT2D eigenvalue weighted by Gasteiger charge is -2.09. The van der Waals surface area contributed by atoms with Crippen LogP contribution in [0.5, 0.6) is 0 Å². The van der Waals surface area contributed by atoms with E-state index in [1.54, 1.807) is 29.0 Å². The predicted octanol–water partition coefficient (Wildman–Crippen LogP) is 3.45. The highest BCUT2D eigenvalue weighted by atomic mass is 32.2. The first-order valence-corrected chi connectivity index (χ1v) is 11.9. The van der Waals surface area contributed by atoms with Crippen LogP contribution < -0.4 is 9.60 Å². The average molecular weight is 443 g/mol. The number of benzene rings is 2. The first kappa shape index (κ1) is 20.5. The maximum absolute atomic E-state index is 12.8. The quantitative estimate of drug-likeness (QED) is 0.475. The van der Waals surface area contributed by atoms with Gasteiger partial charge in [-0.25, -0.2) is 18.1 Å². The minimum atomic E-state index is -3.70. The molecule has 4 rings (SSSR count). The van der Waals surface area contributed by atoms with E-state index in [4.69, 9.17) is 0 Å². The summed E-state index contributed by atoms with van der Waals surface area (Å²) in [5.74, 6) is 0.883. The highest BCUT2D eigenvalue weighted by Gasteiger charge is 2.16. The molecule has 2 aromatic heterocycles. The zero-order valence-electron chi connectivity index (χ0n) is 16.7. The number of rotatable bonds is 7. The van der Waals surface area contributed by atoms with Crippen LogP contribution >= 0.6 is 11.3 Å². The monoisotopic (exact) mass is 442 g/mol. The lowest BCUT2D eigenvalue weighted by molar-refractivity contribution is 0.581. The molecule has 0 saturated carbocycles. The van der Waals surface area contributed by atoms with Crippen LogP contribution in [0.25, 0.3) is 15.9 Å². The topological polar surface area (TPSA) is 86.0 Å². The van der Waals surface area contributed by atoms with Crippen LogP contribution in [0, 0.1) is 6.92 Å². The number of imidazole rings is 1. The molecule has 2 aromatic carbocycles. The van der Waals surface area contributed by atoms with Crippen molar-refractivity contribution in [2.75, 3.05) is 0 Å². The molecule has 0 radical (unpaired) electrons. The molecule has 7 nitrogen and oxygen atoms in total. The van der Waals surface area contributed by atoms with Crippen molar-refractivity contribution in [1.29, 1.82) is 0 Å². The summed E-state index contributed by atoms with van der Waals surface area (Å²) in [4.78, 5) is 16.4. The summed E-state index contributed by atoms with van der Waals surface area (Å²) in [6.45, 7) is 4.72. The van der Waals surface area contributed by atoms with E-state index in [-0.39, 0.29) is 16.3 Å². The molecular weight excluding hydrogens is 420 g/mol. The van der Waals surface area contributed by atoms with Gasteiger partial charge in [-0.1, -0.05) is 30.4 Å². The molecular formula is C21H22N4O3S2. The molecule has 0 aliphatic heterocycles. The Hall–Kier alpha value is -2.75. The van der Waals surface area contributed by atoms with Gasteiger partial charge in [0, 0.05) is 31.2 Å². The lowest BCUT2D eigenvalue weighted by Crippen LogP contribution is -2.23. The third-order valence-electron chi connectivity index (χ3n) is 4.90. The zero-order valence-corrected chi connectivity index (χ0v) is 18.3. The highest BCUT2D eigenvalue weighted by Crippen LogP contribution is 2.22. The minimum Gasteiger partial charge on any atom is -0.304 e. The first-order chi connectivity index (χ1) is 14.4. The number of nitrogens with zero attached hydrogens (tertiary/aromatic N) is 3. The van der Waals surface area contributed by atoms with Gasteiger partial charge in [0.15, 0.2) is 0 Å². The zero-order chi connectivity index (χ0) is 21.3. The number of aromatic nitrogens is 3. The summed E-state index contributed by atoms with van der Waals surface area (Å²) in [6.07, 6.45) is 4.46. The average Bonchev–Trinajstić information content (AvgIpc) is 3.30. The fraction of sp³-hybridized carbons (Fsp3) is 0.238. The summed E-state index contributed by atoms with van der Waals surface area (Å²) in [5.41, 5.74) is 2.59. The number of sulfonamides is 1. The fourth-order valence-electron chi connectivity index (χ4n) is 3.34. The number of hydrogen-bond donors (Lipinski definition) is 1.